The minimum atomic E-state index is -1.43. The molecule has 0 aromatic carbocycles. The van der Waals surface area contributed by atoms with Gasteiger partial charge >= 0.3 is 6.09 Å². The Kier molecular flexibility index (Phi) is 2.28. The molecule has 1 heterocycles. The van der Waals surface area contributed by atoms with Gasteiger partial charge in [0.25, 0.3) is 0 Å². The number of likely N-dealkylation sites (tertiary alicyclic amines) is 1. The number of halogens is 1. The first-order valence-corrected chi connectivity index (χ1v) is 3.41. The molecule has 2 N–H and O–H groups in total. The van der Waals surface area contributed by atoms with Crippen molar-refractivity contribution < 1.29 is 19.4 Å². The van der Waals surface area contributed by atoms with Crippen molar-refractivity contribution >= 4 is 6.09 Å². The summed E-state index contributed by atoms with van der Waals surface area (Å²) in [5.74, 6) is 0. The summed E-state index contributed by atoms with van der Waals surface area (Å²) in [6.07, 6.45) is -3.36. The van der Waals surface area contributed by atoms with Crippen LogP contribution >= 0.6 is 0 Å². The number of rotatable bonds is 0. The Balaban J connectivity index is 2.46. The Morgan fingerprint density at radius 2 is 2.27 bits per heavy atom. The van der Waals surface area contributed by atoms with Crippen molar-refractivity contribution in [2.45, 2.75) is 18.7 Å². The average molecular weight is 163 g/mol. The van der Waals surface area contributed by atoms with Crippen LogP contribution in [0, 0.1) is 0 Å². The van der Waals surface area contributed by atoms with Crippen LogP contribution in [0.5, 0.6) is 0 Å². The van der Waals surface area contributed by atoms with Crippen molar-refractivity contribution in [3.05, 3.63) is 0 Å². The van der Waals surface area contributed by atoms with Crippen LogP contribution < -0.4 is 0 Å². The fraction of sp³-hybridized carbons (Fsp3) is 0.833. The van der Waals surface area contributed by atoms with E-state index in [4.69, 9.17) is 10.2 Å². The first kappa shape index (κ1) is 8.26. The van der Waals surface area contributed by atoms with E-state index in [1.807, 2.05) is 0 Å². The first-order valence-electron chi connectivity index (χ1n) is 3.41. The largest absolute Gasteiger partial charge is 0.465 e. The summed E-state index contributed by atoms with van der Waals surface area (Å²) >= 11 is 0. The van der Waals surface area contributed by atoms with Gasteiger partial charge in [-0.2, -0.15) is 0 Å². The maximum absolute atomic E-state index is 12.6. The molecule has 0 aromatic rings. The molecule has 0 spiro atoms. The zero-order valence-corrected chi connectivity index (χ0v) is 5.90. The maximum Gasteiger partial charge on any atom is 0.407 e. The normalized spacial score (nSPS) is 32.0. The second-order valence-electron chi connectivity index (χ2n) is 2.60. The van der Waals surface area contributed by atoms with Gasteiger partial charge in [-0.15, -0.1) is 0 Å². The SMILES string of the molecule is O=C(O)N1CC[C@H](O)[C@H](F)C1. The third kappa shape index (κ3) is 1.80. The predicted octanol–water partition coefficient (Wildman–Crippen LogP) is 0.0691. The smallest absolute Gasteiger partial charge is 0.407 e. The van der Waals surface area contributed by atoms with Crippen LogP contribution in [-0.4, -0.2) is 46.6 Å². The summed E-state index contributed by atoms with van der Waals surface area (Å²) < 4.78 is 12.6. The number of carboxylic acid groups (broad SMARTS) is 1. The van der Waals surface area contributed by atoms with E-state index >= 15 is 0 Å². The van der Waals surface area contributed by atoms with E-state index in [9.17, 15) is 9.18 Å². The Morgan fingerprint density at radius 1 is 1.64 bits per heavy atom. The molecular formula is C6H10FNO3. The molecule has 0 aliphatic carbocycles. The molecule has 64 valence electrons. The van der Waals surface area contributed by atoms with Gasteiger partial charge in [0.15, 0.2) is 0 Å². The third-order valence-corrected chi connectivity index (χ3v) is 1.78. The van der Waals surface area contributed by atoms with E-state index in [0.29, 0.717) is 0 Å². The number of hydrogen-bond donors (Lipinski definition) is 2. The zero-order valence-electron chi connectivity index (χ0n) is 5.90. The molecule has 0 aromatic heterocycles. The van der Waals surface area contributed by atoms with Crippen LogP contribution in [0.3, 0.4) is 0 Å². The highest BCUT2D eigenvalue weighted by molar-refractivity contribution is 5.65. The molecular weight excluding hydrogens is 153 g/mol. The summed E-state index contributed by atoms with van der Waals surface area (Å²) in [6.45, 7) is 0.00736. The van der Waals surface area contributed by atoms with Gasteiger partial charge in [0.1, 0.15) is 6.17 Å². The number of amides is 1. The minimum absolute atomic E-state index is 0.188. The second-order valence-corrected chi connectivity index (χ2v) is 2.60. The van der Waals surface area contributed by atoms with Gasteiger partial charge < -0.3 is 15.1 Å². The van der Waals surface area contributed by atoms with Crippen molar-refractivity contribution in [3.63, 3.8) is 0 Å². The monoisotopic (exact) mass is 163 g/mol. The molecule has 1 aliphatic rings. The fourth-order valence-electron chi connectivity index (χ4n) is 1.07. The Labute approximate surface area is 63.2 Å². The molecule has 4 nitrogen and oxygen atoms in total. The highest BCUT2D eigenvalue weighted by atomic mass is 19.1. The summed E-state index contributed by atoms with van der Waals surface area (Å²) in [6, 6.07) is 0. The minimum Gasteiger partial charge on any atom is -0.465 e. The standard InChI is InChI=1S/C6H10FNO3/c7-4-3-8(6(10)11)2-1-5(4)9/h4-5,9H,1-3H2,(H,10,11)/t4-,5+/m1/s1. The number of hydrogen-bond acceptors (Lipinski definition) is 2. The predicted molar refractivity (Wildman–Crippen MR) is 35.1 cm³/mol. The number of carbonyl (C=O) groups is 1. The summed E-state index contributed by atoms with van der Waals surface area (Å²) in [4.78, 5) is 11.3. The van der Waals surface area contributed by atoms with Gasteiger partial charge in [-0.05, 0) is 6.42 Å². The molecule has 0 saturated carbocycles. The molecule has 2 atom stereocenters. The van der Waals surface area contributed by atoms with E-state index in [-0.39, 0.29) is 19.5 Å². The van der Waals surface area contributed by atoms with E-state index < -0.39 is 18.4 Å². The molecule has 11 heavy (non-hydrogen) atoms. The number of aliphatic hydroxyl groups is 1. The average Bonchev–Trinajstić information content (AvgIpc) is 1.94. The van der Waals surface area contributed by atoms with Crippen LogP contribution in [0.2, 0.25) is 0 Å². The highest BCUT2D eigenvalue weighted by Gasteiger charge is 2.29. The summed E-state index contributed by atoms with van der Waals surface area (Å²) in [5, 5.41) is 17.3. The fourth-order valence-corrected chi connectivity index (χ4v) is 1.07. The quantitative estimate of drug-likeness (QED) is 0.531. The van der Waals surface area contributed by atoms with Gasteiger partial charge in [-0.25, -0.2) is 9.18 Å². The first-order chi connectivity index (χ1) is 5.11. The van der Waals surface area contributed by atoms with Crippen LogP contribution in [0.4, 0.5) is 9.18 Å². The molecule has 0 bridgehead atoms. The Hall–Kier alpha value is -0.840. The van der Waals surface area contributed by atoms with Crippen molar-refractivity contribution in [3.8, 4) is 0 Å². The summed E-state index contributed by atoms with van der Waals surface area (Å²) in [7, 11) is 0. The van der Waals surface area contributed by atoms with Gasteiger partial charge in [-0.3, -0.25) is 0 Å². The lowest BCUT2D eigenvalue weighted by atomic mass is 10.1. The van der Waals surface area contributed by atoms with Crippen molar-refractivity contribution in [1.82, 2.24) is 4.90 Å². The molecule has 1 aliphatic heterocycles. The number of piperidine rings is 1. The molecule has 1 rings (SSSR count). The topological polar surface area (TPSA) is 60.8 Å². The lowest BCUT2D eigenvalue weighted by Gasteiger charge is -2.29. The highest BCUT2D eigenvalue weighted by Crippen LogP contribution is 2.13. The third-order valence-electron chi connectivity index (χ3n) is 1.78. The number of nitrogens with zero attached hydrogens (tertiary/aromatic N) is 1. The Bertz CT molecular complexity index is 164. The van der Waals surface area contributed by atoms with Crippen LogP contribution in [-0.2, 0) is 0 Å². The molecule has 1 fully saturated rings. The van der Waals surface area contributed by atoms with E-state index in [2.05, 4.69) is 0 Å². The molecule has 0 unspecified atom stereocenters. The van der Waals surface area contributed by atoms with E-state index in [1.165, 1.54) is 0 Å². The van der Waals surface area contributed by atoms with E-state index in [0.717, 1.165) is 4.90 Å². The second kappa shape index (κ2) is 3.04. The van der Waals surface area contributed by atoms with Crippen LogP contribution in [0.15, 0.2) is 0 Å². The number of aliphatic hydroxyl groups excluding tert-OH is 1. The lowest BCUT2D eigenvalue weighted by molar-refractivity contribution is 0.0106. The summed E-state index contributed by atoms with van der Waals surface area (Å²) in [5.41, 5.74) is 0. The maximum atomic E-state index is 12.6. The molecule has 1 amide bonds. The lowest BCUT2D eigenvalue weighted by Crippen LogP contribution is -2.46. The van der Waals surface area contributed by atoms with Gasteiger partial charge in [0.05, 0.1) is 12.6 Å². The van der Waals surface area contributed by atoms with Crippen molar-refractivity contribution in [2.24, 2.45) is 0 Å². The van der Waals surface area contributed by atoms with E-state index in [1.54, 1.807) is 0 Å². The van der Waals surface area contributed by atoms with Gasteiger partial charge in [0.2, 0.25) is 0 Å². The van der Waals surface area contributed by atoms with Crippen molar-refractivity contribution in [2.75, 3.05) is 13.1 Å². The van der Waals surface area contributed by atoms with Crippen LogP contribution in [0.25, 0.3) is 0 Å². The van der Waals surface area contributed by atoms with Gasteiger partial charge in [-0.1, -0.05) is 0 Å². The Morgan fingerprint density at radius 3 is 2.73 bits per heavy atom. The molecule has 5 heteroatoms. The van der Waals surface area contributed by atoms with Gasteiger partial charge in [0, 0.05) is 6.54 Å². The molecule has 0 radical (unpaired) electrons. The van der Waals surface area contributed by atoms with Crippen LogP contribution in [0.1, 0.15) is 6.42 Å². The van der Waals surface area contributed by atoms with Crippen molar-refractivity contribution in [1.29, 1.82) is 0 Å². The zero-order chi connectivity index (χ0) is 8.43. The number of alkyl halides is 1. The molecule has 1 saturated heterocycles.